The van der Waals surface area contributed by atoms with Crippen molar-refractivity contribution in [2.24, 2.45) is 0 Å². The molecule has 11 heteroatoms. The van der Waals surface area contributed by atoms with E-state index in [9.17, 15) is 14.4 Å². The average molecular weight is 543 g/mol. The third-order valence-corrected chi connectivity index (χ3v) is 7.09. The highest BCUT2D eigenvalue weighted by molar-refractivity contribution is 5.93. The van der Waals surface area contributed by atoms with E-state index < -0.39 is 17.3 Å². The number of carbonyl (C=O) groups excluding carboxylic acids is 1. The number of amides is 1. The number of hydrogen-bond acceptors (Lipinski definition) is 8. The maximum absolute atomic E-state index is 14.2. The Labute approximate surface area is 232 Å². The number of likely N-dealkylation sites (N-methyl/N-ethyl adjacent to an activating group) is 1. The van der Waals surface area contributed by atoms with Crippen molar-refractivity contribution in [1.29, 1.82) is 5.26 Å². The number of ether oxygens (including phenoxy) is 1. The fourth-order valence-electron chi connectivity index (χ4n) is 5.32. The Morgan fingerprint density at radius 2 is 2.02 bits per heavy atom. The van der Waals surface area contributed by atoms with Crippen LogP contribution in [0.25, 0.3) is 16.6 Å². The number of rotatable bonds is 8. The zero-order valence-electron chi connectivity index (χ0n) is 22.8. The van der Waals surface area contributed by atoms with Gasteiger partial charge in [0.2, 0.25) is 0 Å². The highest BCUT2D eigenvalue weighted by Crippen LogP contribution is 2.32. The number of aromatic nitrogens is 4. The third-order valence-electron chi connectivity index (χ3n) is 7.09. The van der Waals surface area contributed by atoms with Gasteiger partial charge in [-0.25, -0.2) is 18.9 Å². The van der Waals surface area contributed by atoms with Crippen molar-refractivity contribution in [3.8, 4) is 22.9 Å². The van der Waals surface area contributed by atoms with Gasteiger partial charge in [-0.15, -0.1) is 0 Å². The Bertz CT molecular complexity index is 1550. The van der Waals surface area contributed by atoms with Crippen LogP contribution in [-0.4, -0.2) is 76.3 Å². The summed E-state index contributed by atoms with van der Waals surface area (Å²) in [6, 6.07) is 10.8. The first-order valence-corrected chi connectivity index (χ1v) is 13.2. The molecule has 0 unspecified atom stereocenters. The number of halogens is 1. The van der Waals surface area contributed by atoms with E-state index >= 15 is 0 Å². The van der Waals surface area contributed by atoms with E-state index in [0.29, 0.717) is 55.9 Å². The number of piperidine rings is 1. The van der Waals surface area contributed by atoms with E-state index in [0.717, 1.165) is 16.9 Å². The molecule has 5 rings (SSSR count). The molecule has 0 radical (unpaired) electrons. The second-order valence-corrected chi connectivity index (χ2v) is 10.2. The van der Waals surface area contributed by atoms with E-state index in [-0.39, 0.29) is 5.69 Å². The fourth-order valence-corrected chi connectivity index (χ4v) is 5.32. The summed E-state index contributed by atoms with van der Waals surface area (Å²) in [6.07, 6.45) is 7.84. The Morgan fingerprint density at radius 3 is 2.67 bits per heavy atom. The molecule has 0 bridgehead atoms. The van der Waals surface area contributed by atoms with Crippen LogP contribution >= 0.6 is 0 Å². The summed E-state index contributed by atoms with van der Waals surface area (Å²) < 4.78 is 21.6. The first kappa shape index (κ1) is 27.0. The molecule has 40 heavy (non-hydrogen) atoms. The first-order chi connectivity index (χ1) is 19.3. The summed E-state index contributed by atoms with van der Waals surface area (Å²) in [5.74, 6) is 0.328. The van der Waals surface area contributed by atoms with Gasteiger partial charge < -0.3 is 19.9 Å². The van der Waals surface area contributed by atoms with Crippen LogP contribution in [0, 0.1) is 17.1 Å². The Kier molecular flexibility index (Phi) is 7.62. The molecule has 206 valence electrons. The molecule has 4 aromatic rings. The van der Waals surface area contributed by atoms with Crippen molar-refractivity contribution in [3.63, 3.8) is 0 Å². The molecule has 1 aliphatic rings. The topological polar surface area (TPSA) is 112 Å². The Hall–Kier alpha value is -4.56. The summed E-state index contributed by atoms with van der Waals surface area (Å²) >= 11 is 0. The number of nitriles is 1. The van der Waals surface area contributed by atoms with Crippen LogP contribution in [0.5, 0.6) is 5.75 Å². The first-order valence-electron chi connectivity index (χ1n) is 13.2. The fraction of sp³-hybridized carbons (Fsp3) is 0.345. The van der Waals surface area contributed by atoms with Crippen LogP contribution in [0.3, 0.4) is 0 Å². The minimum Gasteiger partial charge on any atom is -0.492 e. The van der Waals surface area contributed by atoms with Gasteiger partial charge in [0.25, 0.3) is 5.91 Å². The number of hydrogen-bond donors (Lipinski definition) is 1. The van der Waals surface area contributed by atoms with Gasteiger partial charge in [-0.1, -0.05) is 0 Å². The van der Waals surface area contributed by atoms with Gasteiger partial charge in [-0.2, -0.15) is 10.4 Å². The van der Waals surface area contributed by atoms with E-state index in [1.807, 2.05) is 44.1 Å². The molecule has 10 nitrogen and oxygen atoms in total. The lowest BCUT2D eigenvalue weighted by Gasteiger charge is -2.44. The second-order valence-electron chi connectivity index (χ2n) is 10.2. The van der Waals surface area contributed by atoms with E-state index in [2.05, 4.69) is 26.4 Å². The third kappa shape index (κ3) is 5.44. The van der Waals surface area contributed by atoms with Gasteiger partial charge in [-0.3, -0.25) is 4.79 Å². The zero-order chi connectivity index (χ0) is 28.3. The highest BCUT2D eigenvalue weighted by atomic mass is 19.1. The van der Waals surface area contributed by atoms with Crippen molar-refractivity contribution in [2.75, 3.05) is 45.2 Å². The van der Waals surface area contributed by atoms with Crippen LogP contribution in [0.15, 0.2) is 55.1 Å². The van der Waals surface area contributed by atoms with Crippen LogP contribution in [0.4, 0.5) is 10.2 Å². The van der Waals surface area contributed by atoms with Gasteiger partial charge in [0, 0.05) is 43.2 Å². The van der Waals surface area contributed by atoms with Crippen LogP contribution in [0.2, 0.25) is 0 Å². The number of nitrogens with one attached hydrogen (secondary N) is 1. The smallest absolute Gasteiger partial charge is 0.273 e. The standard InChI is InChI=1S/C29H31FN8O2/c1-4-40-22-14-23(27-21(15-31)17-34-38(27)18-22)20-7-8-25(33-16-20)37-12-9-29(10-13-37,19-36(2)3)35-28(39)26-24(30)6-5-11-32-26/h5-8,11,14,16-18H,4,9-10,12-13,19H2,1-3H3,(H,35,39). The maximum Gasteiger partial charge on any atom is 0.273 e. The second kappa shape index (κ2) is 11.3. The molecule has 1 fully saturated rings. The number of fused-ring (bicyclic) bond motifs is 1. The summed E-state index contributed by atoms with van der Waals surface area (Å²) in [5, 5.41) is 17.0. The monoisotopic (exact) mass is 542 g/mol. The zero-order valence-corrected chi connectivity index (χ0v) is 22.8. The lowest BCUT2D eigenvalue weighted by atomic mass is 9.86. The van der Waals surface area contributed by atoms with Gasteiger partial charge in [0.15, 0.2) is 11.5 Å². The van der Waals surface area contributed by atoms with Crippen molar-refractivity contribution >= 4 is 17.2 Å². The molecular formula is C29H31FN8O2. The summed E-state index contributed by atoms with van der Waals surface area (Å²) in [7, 11) is 3.91. The molecule has 0 saturated carbocycles. The normalized spacial score (nSPS) is 14.8. The van der Waals surface area contributed by atoms with E-state index in [4.69, 9.17) is 9.72 Å². The molecule has 5 heterocycles. The van der Waals surface area contributed by atoms with E-state index in [1.165, 1.54) is 18.3 Å². The van der Waals surface area contributed by atoms with Crippen molar-refractivity contribution in [2.45, 2.75) is 25.3 Å². The molecule has 0 aromatic carbocycles. The number of carbonyl (C=O) groups is 1. The molecule has 1 saturated heterocycles. The minimum absolute atomic E-state index is 0.194. The predicted octanol–water partition coefficient (Wildman–Crippen LogP) is 3.53. The van der Waals surface area contributed by atoms with E-state index in [1.54, 1.807) is 23.1 Å². The number of nitrogens with zero attached hydrogens (tertiary/aromatic N) is 7. The van der Waals surface area contributed by atoms with Crippen molar-refractivity contribution in [3.05, 3.63) is 72.2 Å². The Morgan fingerprint density at radius 1 is 1.23 bits per heavy atom. The lowest BCUT2D eigenvalue weighted by molar-refractivity contribution is 0.0843. The molecule has 1 amide bonds. The van der Waals surface area contributed by atoms with Gasteiger partial charge in [-0.05, 0) is 64.2 Å². The summed E-state index contributed by atoms with van der Waals surface area (Å²) in [5.41, 5.74) is 2.11. The quantitative estimate of drug-likeness (QED) is 0.360. The molecule has 0 spiro atoms. The van der Waals surface area contributed by atoms with Crippen molar-refractivity contribution < 1.29 is 13.9 Å². The highest BCUT2D eigenvalue weighted by Gasteiger charge is 2.37. The summed E-state index contributed by atoms with van der Waals surface area (Å²) in [6.45, 7) is 4.37. The largest absolute Gasteiger partial charge is 0.492 e. The van der Waals surface area contributed by atoms with Crippen molar-refractivity contribution in [1.82, 2.24) is 29.8 Å². The Balaban J connectivity index is 1.35. The van der Waals surface area contributed by atoms with Gasteiger partial charge in [0.1, 0.15) is 17.6 Å². The van der Waals surface area contributed by atoms with Crippen LogP contribution in [0.1, 0.15) is 35.8 Å². The average Bonchev–Trinajstić information content (AvgIpc) is 3.36. The van der Waals surface area contributed by atoms with Gasteiger partial charge in [0.05, 0.1) is 35.6 Å². The number of pyridine rings is 3. The molecule has 4 aromatic heterocycles. The van der Waals surface area contributed by atoms with Crippen LogP contribution < -0.4 is 15.0 Å². The molecule has 1 aliphatic heterocycles. The molecule has 1 N–H and O–H groups in total. The molecular weight excluding hydrogens is 511 g/mol. The molecule has 0 aliphatic carbocycles. The SMILES string of the molecule is CCOc1cc(-c2ccc(N3CCC(CN(C)C)(NC(=O)c4ncccc4F)CC3)nc2)c2c(C#N)cnn2c1. The predicted molar refractivity (Wildman–Crippen MR) is 149 cm³/mol. The van der Waals surface area contributed by atoms with Crippen LogP contribution in [-0.2, 0) is 0 Å². The maximum atomic E-state index is 14.2. The lowest BCUT2D eigenvalue weighted by Crippen LogP contribution is -2.60. The molecule has 0 atom stereocenters. The number of anilines is 1. The summed E-state index contributed by atoms with van der Waals surface area (Å²) in [4.78, 5) is 25.8. The van der Waals surface area contributed by atoms with Gasteiger partial charge >= 0.3 is 0 Å². The minimum atomic E-state index is -0.636.